The molecular weight excluding hydrogens is 322 g/mol. The topological polar surface area (TPSA) is 47.6 Å². The van der Waals surface area contributed by atoms with Crippen molar-refractivity contribution in [2.24, 2.45) is 0 Å². The van der Waals surface area contributed by atoms with E-state index in [0.29, 0.717) is 18.8 Å². The van der Waals surface area contributed by atoms with Gasteiger partial charge in [-0.3, -0.25) is 4.79 Å². The van der Waals surface area contributed by atoms with Gasteiger partial charge in [0.15, 0.2) is 0 Å². The second-order valence-corrected chi connectivity index (χ2v) is 7.30. The van der Waals surface area contributed by atoms with Crippen LogP contribution < -0.4 is 5.32 Å². The molecule has 1 aliphatic heterocycles. The van der Waals surface area contributed by atoms with Gasteiger partial charge < -0.3 is 14.8 Å². The van der Waals surface area contributed by atoms with E-state index < -0.39 is 0 Å². The summed E-state index contributed by atoms with van der Waals surface area (Å²) in [7, 11) is 0. The summed E-state index contributed by atoms with van der Waals surface area (Å²) in [4.78, 5) is 13.7. The first kappa shape index (κ1) is 15.8. The lowest BCUT2D eigenvalue weighted by molar-refractivity contribution is -0.157. The molecule has 4 nitrogen and oxygen atoms in total. The van der Waals surface area contributed by atoms with E-state index in [0.717, 1.165) is 24.8 Å². The van der Waals surface area contributed by atoms with Crippen molar-refractivity contribution >= 4 is 17.2 Å². The second-order valence-electron chi connectivity index (χ2n) is 6.36. The molecule has 0 spiro atoms. The van der Waals surface area contributed by atoms with Crippen LogP contribution in [0.1, 0.15) is 29.6 Å². The van der Waals surface area contributed by atoms with Gasteiger partial charge in [-0.2, -0.15) is 0 Å². The molecule has 5 heteroatoms. The molecular formula is C19H21NO3S. The average molecular weight is 343 g/mol. The standard InChI is InChI=1S/C19H21NO3S/c21-19(14-5-3-13(4-6-14)18-2-1-11-24-18)20-15-7-8-16-17(12-15)23-10-9-22-16/h1-6,11,15-17H,7-10,12H2,(H,20,21)/t15-,16-,17+/m1/s1. The Morgan fingerprint density at radius 3 is 2.58 bits per heavy atom. The maximum absolute atomic E-state index is 12.5. The Labute approximate surface area is 145 Å². The van der Waals surface area contributed by atoms with Crippen molar-refractivity contribution in [1.82, 2.24) is 5.32 Å². The molecule has 2 aromatic rings. The molecule has 1 saturated heterocycles. The maximum atomic E-state index is 12.5. The highest BCUT2D eigenvalue weighted by atomic mass is 32.1. The molecule has 0 bridgehead atoms. The van der Waals surface area contributed by atoms with Gasteiger partial charge in [-0.15, -0.1) is 11.3 Å². The van der Waals surface area contributed by atoms with Crippen molar-refractivity contribution in [3.63, 3.8) is 0 Å². The molecule has 1 aromatic heterocycles. The van der Waals surface area contributed by atoms with Crippen LogP contribution >= 0.6 is 11.3 Å². The smallest absolute Gasteiger partial charge is 0.251 e. The minimum absolute atomic E-state index is 0.00657. The number of ether oxygens (including phenoxy) is 2. The number of thiophene rings is 1. The monoisotopic (exact) mass is 343 g/mol. The number of carbonyl (C=O) groups is 1. The third-order valence-corrected chi connectivity index (χ3v) is 5.69. The van der Waals surface area contributed by atoms with Crippen LogP contribution in [-0.4, -0.2) is 37.4 Å². The molecule has 3 atom stereocenters. The van der Waals surface area contributed by atoms with Crippen LogP contribution in [0.2, 0.25) is 0 Å². The molecule has 126 valence electrons. The van der Waals surface area contributed by atoms with Gasteiger partial charge in [0.25, 0.3) is 5.91 Å². The van der Waals surface area contributed by atoms with Gasteiger partial charge in [0.05, 0.1) is 25.4 Å². The molecule has 1 saturated carbocycles. The molecule has 1 N–H and O–H groups in total. The Kier molecular flexibility index (Phi) is 4.65. The molecule has 24 heavy (non-hydrogen) atoms. The molecule has 0 unspecified atom stereocenters. The molecule has 2 aliphatic rings. The number of hydrogen-bond acceptors (Lipinski definition) is 4. The Bertz CT molecular complexity index is 683. The van der Waals surface area contributed by atoms with Crippen LogP contribution in [0, 0.1) is 0 Å². The molecule has 1 aliphatic carbocycles. The van der Waals surface area contributed by atoms with Gasteiger partial charge in [0, 0.05) is 16.5 Å². The SMILES string of the molecule is O=C(N[C@@H]1CC[C@H]2OCCO[C@H]2C1)c1ccc(-c2cccs2)cc1. The van der Waals surface area contributed by atoms with Crippen molar-refractivity contribution in [3.8, 4) is 10.4 Å². The highest BCUT2D eigenvalue weighted by Gasteiger charge is 2.34. The summed E-state index contributed by atoms with van der Waals surface area (Å²) in [6, 6.07) is 12.1. The van der Waals surface area contributed by atoms with Crippen molar-refractivity contribution in [2.45, 2.75) is 37.5 Å². The first-order chi connectivity index (χ1) is 11.8. The number of benzene rings is 1. The summed E-state index contributed by atoms with van der Waals surface area (Å²) in [5.41, 5.74) is 1.85. The third-order valence-electron chi connectivity index (χ3n) is 4.77. The number of hydrogen-bond donors (Lipinski definition) is 1. The first-order valence-corrected chi connectivity index (χ1v) is 9.35. The molecule has 2 heterocycles. The number of amides is 1. The number of rotatable bonds is 3. The van der Waals surface area contributed by atoms with E-state index in [1.807, 2.05) is 30.3 Å². The zero-order chi connectivity index (χ0) is 16.4. The largest absolute Gasteiger partial charge is 0.373 e. The van der Waals surface area contributed by atoms with E-state index in [4.69, 9.17) is 9.47 Å². The quantitative estimate of drug-likeness (QED) is 0.928. The summed E-state index contributed by atoms with van der Waals surface area (Å²) in [5.74, 6) is -0.00657. The van der Waals surface area contributed by atoms with Crippen molar-refractivity contribution in [3.05, 3.63) is 47.3 Å². The molecule has 4 rings (SSSR count). The summed E-state index contributed by atoms with van der Waals surface area (Å²) in [6.07, 6.45) is 3.07. The van der Waals surface area contributed by atoms with Crippen LogP contribution in [0.4, 0.5) is 0 Å². The Morgan fingerprint density at radius 1 is 1.04 bits per heavy atom. The summed E-state index contributed by atoms with van der Waals surface area (Å²) in [5, 5.41) is 5.21. The number of fused-ring (bicyclic) bond motifs is 1. The summed E-state index contributed by atoms with van der Waals surface area (Å²) in [6.45, 7) is 1.35. The second kappa shape index (κ2) is 7.05. The van der Waals surface area contributed by atoms with Gasteiger partial charge in [-0.25, -0.2) is 0 Å². The fourth-order valence-corrected chi connectivity index (χ4v) is 4.23. The van der Waals surface area contributed by atoms with Crippen molar-refractivity contribution in [1.29, 1.82) is 0 Å². The van der Waals surface area contributed by atoms with Crippen LogP contribution in [0.5, 0.6) is 0 Å². The zero-order valence-electron chi connectivity index (χ0n) is 13.4. The van der Waals surface area contributed by atoms with E-state index in [9.17, 15) is 4.79 Å². The van der Waals surface area contributed by atoms with Crippen LogP contribution in [0.15, 0.2) is 41.8 Å². The van der Waals surface area contributed by atoms with Crippen LogP contribution in [0.25, 0.3) is 10.4 Å². The lowest BCUT2D eigenvalue weighted by atomic mass is 9.89. The number of carbonyl (C=O) groups excluding carboxylic acids is 1. The predicted molar refractivity (Wildman–Crippen MR) is 94.3 cm³/mol. The highest BCUT2D eigenvalue weighted by Crippen LogP contribution is 2.27. The van der Waals surface area contributed by atoms with Gasteiger partial charge in [-0.05, 0) is 48.4 Å². The molecule has 1 aromatic carbocycles. The van der Waals surface area contributed by atoms with Gasteiger partial charge >= 0.3 is 0 Å². The fraction of sp³-hybridized carbons (Fsp3) is 0.421. The minimum Gasteiger partial charge on any atom is -0.373 e. The highest BCUT2D eigenvalue weighted by molar-refractivity contribution is 7.13. The summed E-state index contributed by atoms with van der Waals surface area (Å²) < 4.78 is 11.5. The Balaban J connectivity index is 1.37. The van der Waals surface area contributed by atoms with Crippen molar-refractivity contribution < 1.29 is 14.3 Å². The van der Waals surface area contributed by atoms with E-state index in [-0.39, 0.29) is 24.2 Å². The molecule has 0 radical (unpaired) electrons. The van der Waals surface area contributed by atoms with Crippen LogP contribution in [0.3, 0.4) is 0 Å². The lowest BCUT2D eigenvalue weighted by Gasteiger charge is -2.39. The van der Waals surface area contributed by atoms with Crippen molar-refractivity contribution in [2.75, 3.05) is 13.2 Å². The van der Waals surface area contributed by atoms with Gasteiger partial charge in [0.2, 0.25) is 0 Å². The maximum Gasteiger partial charge on any atom is 0.251 e. The van der Waals surface area contributed by atoms with E-state index >= 15 is 0 Å². The third kappa shape index (κ3) is 3.38. The first-order valence-electron chi connectivity index (χ1n) is 8.47. The normalized spacial score (nSPS) is 26.6. The van der Waals surface area contributed by atoms with Crippen LogP contribution in [-0.2, 0) is 9.47 Å². The zero-order valence-corrected chi connectivity index (χ0v) is 14.3. The van der Waals surface area contributed by atoms with E-state index in [1.54, 1.807) is 11.3 Å². The van der Waals surface area contributed by atoms with E-state index in [2.05, 4.69) is 16.8 Å². The lowest BCUT2D eigenvalue weighted by Crippen LogP contribution is -2.49. The predicted octanol–water partition coefficient (Wildman–Crippen LogP) is 3.48. The van der Waals surface area contributed by atoms with E-state index in [1.165, 1.54) is 4.88 Å². The number of nitrogens with one attached hydrogen (secondary N) is 1. The molecule has 1 amide bonds. The Morgan fingerprint density at radius 2 is 1.83 bits per heavy atom. The Hall–Kier alpha value is -1.69. The minimum atomic E-state index is -0.00657. The van der Waals surface area contributed by atoms with Gasteiger partial charge in [-0.1, -0.05) is 18.2 Å². The van der Waals surface area contributed by atoms with Gasteiger partial charge in [0.1, 0.15) is 0 Å². The molecule has 2 fully saturated rings. The fourth-order valence-electron chi connectivity index (χ4n) is 3.49. The average Bonchev–Trinajstić information content (AvgIpc) is 3.16. The summed E-state index contributed by atoms with van der Waals surface area (Å²) >= 11 is 1.70.